The van der Waals surface area contributed by atoms with Gasteiger partial charge >= 0.3 is 5.97 Å². The van der Waals surface area contributed by atoms with Gasteiger partial charge in [-0.05, 0) is 61.2 Å². The maximum absolute atomic E-state index is 13.6. The van der Waals surface area contributed by atoms with Crippen molar-refractivity contribution in [1.82, 2.24) is 4.90 Å². The number of anilines is 1. The zero-order chi connectivity index (χ0) is 26.9. The summed E-state index contributed by atoms with van der Waals surface area (Å²) in [5.74, 6) is -0.0275. The first-order valence-corrected chi connectivity index (χ1v) is 13.0. The Kier molecular flexibility index (Phi) is 9.14. The average Bonchev–Trinajstić information content (AvgIpc) is 2.97. The summed E-state index contributed by atoms with van der Waals surface area (Å²) in [5, 5.41) is 0. The van der Waals surface area contributed by atoms with Crippen LogP contribution in [0.15, 0.2) is 78.9 Å². The number of nitrogens with zero attached hydrogens (tertiary/aromatic N) is 2. The normalized spacial score (nSPS) is 15.0. The Morgan fingerprint density at radius 2 is 1.71 bits per heavy atom. The highest BCUT2D eigenvalue weighted by atomic mass is 16.5. The van der Waals surface area contributed by atoms with E-state index in [0.717, 1.165) is 29.7 Å². The first-order chi connectivity index (χ1) is 18.5. The molecule has 7 nitrogen and oxygen atoms in total. The van der Waals surface area contributed by atoms with E-state index in [1.807, 2.05) is 54.6 Å². The van der Waals surface area contributed by atoms with Crippen molar-refractivity contribution in [2.24, 2.45) is 5.92 Å². The van der Waals surface area contributed by atoms with Crippen molar-refractivity contribution in [3.05, 3.63) is 95.6 Å². The molecule has 1 aliphatic rings. The molecule has 3 aromatic rings. The van der Waals surface area contributed by atoms with Gasteiger partial charge in [-0.3, -0.25) is 14.4 Å². The number of ether oxygens (including phenoxy) is 2. The first kappa shape index (κ1) is 26.9. The second-order valence-corrected chi connectivity index (χ2v) is 9.38. The van der Waals surface area contributed by atoms with Gasteiger partial charge in [-0.25, -0.2) is 0 Å². The number of carbonyl (C=O) groups is 3. The van der Waals surface area contributed by atoms with Crippen LogP contribution in [0.2, 0.25) is 0 Å². The Hall–Kier alpha value is -4.13. The third-order valence-corrected chi connectivity index (χ3v) is 6.74. The molecule has 0 spiro atoms. The maximum atomic E-state index is 13.6. The SMILES string of the molecule is CCOC(=O)C1CCCN(C(=O)Cc2ccc(N(Cc3ccccc3)C(=O)c3cccc(OC)c3)cc2)C1. The molecule has 1 fully saturated rings. The van der Waals surface area contributed by atoms with Crippen molar-refractivity contribution < 1.29 is 23.9 Å². The van der Waals surface area contributed by atoms with E-state index in [9.17, 15) is 14.4 Å². The molecule has 0 N–H and O–H groups in total. The van der Waals surface area contributed by atoms with Crippen LogP contribution in [-0.4, -0.2) is 49.5 Å². The third kappa shape index (κ3) is 6.79. The van der Waals surface area contributed by atoms with Crippen LogP contribution >= 0.6 is 0 Å². The van der Waals surface area contributed by atoms with E-state index in [2.05, 4.69) is 0 Å². The summed E-state index contributed by atoms with van der Waals surface area (Å²) in [6, 6.07) is 24.5. The number of benzene rings is 3. The third-order valence-electron chi connectivity index (χ3n) is 6.74. The molecule has 0 saturated carbocycles. The Balaban J connectivity index is 1.49. The highest BCUT2D eigenvalue weighted by Crippen LogP contribution is 2.24. The van der Waals surface area contributed by atoms with Gasteiger partial charge in [-0.15, -0.1) is 0 Å². The molecule has 198 valence electrons. The minimum Gasteiger partial charge on any atom is -0.497 e. The second kappa shape index (κ2) is 12.9. The molecule has 0 bridgehead atoms. The van der Waals surface area contributed by atoms with Gasteiger partial charge in [0.25, 0.3) is 5.91 Å². The Labute approximate surface area is 224 Å². The summed E-state index contributed by atoms with van der Waals surface area (Å²) in [6.45, 7) is 3.58. The molecule has 1 aliphatic heterocycles. The summed E-state index contributed by atoms with van der Waals surface area (Å²) in [6.07, 6.45) is 1.77. The van der Waals surface area contributed by atoms with Crippen molar-refractivity contribution in [2.45, 2.75) is 32.7 Å². The van der Waals surface area contributed by atoms with Crippen LogP contribution in [0.4, 0.5) is 5.69 Å². The topological polar surface area (TPSA) is 76.2 Å². The summed E-state index contributed by atoms with van der Waals surface area (Å²) < 4.78 is 10.5. The Morgan fingerprint density at radius 3 is 2.42 bits per heavy atom. The minimum absolute atomic E-state index is 0.0136. The molecule has 4 rings (SSSR count). The zero-order valence-corrected chi connectivity index (χ0v) is 22.0. The average molecular weight is 515 g/mol. The number of hydrogen-bond acceptors (Lipinski definition) is 5. The van der Waals surface area contributed by atoms with E-state index in [1.54, 1.807) is 48.1 Å². The molecule has 1 unspecified atom stereocenters. The van der Waals surface area contributed by atoms with Crippen molar-refractivity contribution in [3.63, 3.8) is 0 Å². The van der Waals surface area contributed by atoms with E-state index in [4.69, 9.17) is 9.47 Å². The predicted molar refractivity (Wildman–Crippen MR) is 146 cm³/mol. The largest absolute Gasteiger partial charge is 0.497 e. The number of likely N-dealkylation sites (tertiary alicyclic amines) is 1. The summed E-state index contributed by atoms with van der Waals surface area (Å²) in [7, 11) is 1.58. The smallest absolute Gasteiger partial charge is 0.310 e. The van der Waals surface area contributed by atoms with Gasteiger partial charge < -0.3 is 19.3 Å². The van der Waals surface area contributed by atoms with Crippen LogP contribution in [0, 0.1) is 5.92 Å². The summed E-state index contributed by atoms with van der Waals surface area (Å²) in [5.41, 5.74) is 3.12. The molecule has 7 heteroatoms. The Morgan fingerprint density at radius 1 is 0.947 bits per heavy atom. The molecular formula is C31H34N2O5. The predicted octanol–water partition coefficient (Wildman–Crippen LogP) is 4.89. The van der Waals surface area contributed by atoms with Crippen LogP contribution in [0.1, 0.15) is 41.3 Å². The molecule has 38 heavy (non-hydrogen) atoms. The van der Waals surface area contributed by atoms with Crippen molar-refractivity contribution >= 4 is 23.5 Å². The van der Waals surface area contributed by atoms with Crippen molar-refractivity contribution in [1.29, 1.82) is 0 Å². The number of piperidine rings is 1. The van der Waals surface area contributed by atoms with E-state index < -0.39 is 0 Å². The number of carbonyl (C=O) groups excluding carboxylic acids is 3. The lowest BCUT2D eigenvalue weighted by molar-refractivity contribution is -0.151. The fourth-order valence-corrected chi connectivity index (χ4v) is 4.69. The highest BCUT2D eigenvalue weighted by Gasteiger charge is 2.29. The molecule has 1 saturated heterocycles. The molecular weight excluding hydrogens is 480 g/mol. The van der Waals surface area contributed by atoms with Crippen LogP contribution in [-0.2, 0) is 27.3 Å². The number of amides is 2. The molecule has 0 aliphatic carbocycles. The fraction of sp³-hybridized carbons (Fsp3) is 0.323. The number of hydrogen-bond donors (Lipinski definition) is 0. The lowest BCUT2D eigenvalue weighted by atomic mass is 9.97. The molecule has 1 heterocycles. The van der Waals surface area contributed by atoms with Gasteiger partial charge in [0.05, 0.1) is 32.6 Å². The van der Waals surface area contributed by atoms with Gasteiger partial charge in [0.15, 0.2) is 0 Å². The van der Waals surface area contributed by atoms with Gasteiger partial charge in [0.1, 0.15) is 5.75 Å². The number of esters is 1. The molecule has 1 atom stereocenters. The minimum atomic E-state index is -0.260. The van der Waals surface area contributed by atoms with E-state index in [-0.39, 0.29) is 30.1 Å². The lowest BCUT2D eigenvalue weighted by Crippen LogP contribution is -2.43. The zero-order valence-electron chi connectivity index (χ0n) is 22.0. The van der Waals surface area contributed by atoms with E-state index >= 15 is 0 Å². The van der Waals surface area contributed by atoms with Crippen LogP contribution in [0.5, 0.6) is 5.75 Å². The van der Waals surface area contributed by atoms with Crippen molar-refractivity contribution in [3.8, 4) is 5.75 Å². The Bertz CT molecular complexity index is 1240. The molecule has 0 radical (unpaired) electrons. The quantitative estimate of drug-likeness (QED) is 0.380. The number of rotatable bonds is 9. The highest BCUT2D eigenvalue weighted by molar-refractivity contribution is 6.06. The summed E-state index contributed by atoms with van der Waals surface area (Å²) in [4.78, 5) is 42.2. The van der Waals surface area contributed by atoms with Gasteiger partial charge in [0.2, 0.25) is 5.91 Å². The van der Waals surface area contributed by atoms with Gasteiger partial charge in [0, 0.05) is 24.3 Å². The van der Waals surface area contributed by atoms with E-state index in [1.165, 1.54) is 0 Å². The molecule has 3 aromatic carbocycles. The maximum Gasteiger partial charge on any atom is 0.310 e. The van der Waals surface area contributed by atoms with Crippen molar-refractivity contribution in [2.75, 3.05) is 31.7 Å². The van der Waals surface area contributed by atoms with Crippen LogP contribution in [0.25, 0.3) is 0 Å². The molecule has 2 amide bonds. The van der Waals surface area contributed by atoms with Gasteiger partial charge in [-0.1, -0.05) is 48.5 Å². The van der Waals surface area contributed by atoms with E-state index in [0.29, 0.717) is 37.6 Å². The van der Waals surface area contributed by atoms with Crippen LogP contribution in [0.3, 0.4) is 0 Å². The second-order valence-electron chi connectivity index (χ2n) is 9.38. The van der Waals surface area contributed by atoms with Gasteiger partial charge in [-0.2, -0.15) is 0 Å². The fourth-order valence-electron chi connectivity index (χ4n) is 4.69. The number of methoxy groups -OCH3 is 1. The summed E-state index contributed by atoms with van der Waals surface area (Å²) >= 11 is 0. The molecule has 0 aromatic heterocycles. The lowest BCUT2D eigenvalue weighted by Gasteiger charge is -2.31. The monoisotopic (exact) mass is 514 g/mol. The van der Waals surface area contributed by atoms with Crippen LogP contribution < -0.4 is 9.64 Å². The first-order valence-electron chi connectivity index (χ1n) is 13.0. The standard InChI is InChI=1S/C31H34N2O5/c1-3-38-31(36)26-12-8-18-32(22-26)29(34)19-23-14-16-27(17-15-23)33(21-24-9-5-4-6-10-24)30(35)25-11-7-13-28(20-25)37-2/h4-7,9-11,13-17,20,26H,3,8,12,18-19,21-22H2,1-2H3.